The molecule has 4 nitrogen and oxygen atoms in total. The van der Waals surface area contributed by atoms with Gasteiger partial charge in [-0.2, -0.15) is 0 Å². The zero-order valence-electron chi connectivity index (χ0n) is 13.4. The Morgan fingerprint density at radius 1 is 1.04 bits per heavy atom. The van der Waals surface area contributed by atoms with Gasteiger partial charge in [0.15, 0.2) is 5.71 Å². The second-order valence-corrected chi connectivity index (χ2v) is 5.20. The van der Waals surface area contributed by atoms with Crippen LogP contribution in [0.5, 0.6) is 5.75 Å². The summed E-state index contributed by atoms with van der Waals surface area (Å²) in [5.74, 6) is 0.849. The monoisotopic (exact) mass is 329 g/mol. The van der Waals surface area contributed by atoms with Crippen LogP contribution in [0.3, 0.4) is 0 Å². The van der Waals surface area contributed by atoms with Crippen molar-refractivity contribution in [2.75, 3.05) is 14.2 Å². The fourth-order valence-corrected chi connectivity index (χ4v) is 2.28. The lowest BCUT2D eigenvalue weighted by Crippen LogP contribution is -2.18. The van der Waals surface area contributed by atoms with Gasteiger partial charge in [-0.05, 0) is 36.3 Å². The van der Waals surface area contributed by atoms with Crippen LogP contribution >= 0.6 is 12.2 Å². The molecule has 0 aliphatic carbocycles. The van der Waals surface area contributed by atoms with Gasteiger partial charge in [-0.25, -0.2) is 0 Å². The number of para-hydroxylation sites is 1. The van der Waals surface area contributed by atoms with Crippen molar-refractivity contribution in [2.45, 2.75) is 13.5 Å². The predicted molar refractivity (Wildman–Crippen MR) is 95.1 cm³/mol. The molecular formula is C18H19NO3S. The van der Waals surface area contributed by atoms with E-state index in [2.05, 4.69) is 5.16 Å². The van der Waals surface area contributed by atoms with Crippen molar-refractivity contribution in [1.29, 1.82) is 0 Å². The molecule has 0 aromatic heterocycles. The van der Waals surface area contributed by atoms with E-state index < -0.39 is 0 Å². The van der Waals surface area contributed by atoms with Crippen LogP contribution in [0.15, 0.2) is 53.7 Å². The second kappa shape index (κ2) is 8.29. The van der Waals surface area contributed by atoms with Gasteiger partial charge >= 0.3 is 0 Å². The molecule has 2 aromatic rings. The summed E-state index contributed by atoms with van der Waals surface area (Å²) in [5.41, 5.74) is 3.35. The highest BCUT2D eigenvalue weighted by atomic mass is 32.1. The number of methoxy groups -OCH3 is 1. The van der Waals surface area contributed by atoms with Crippen LogP contribution in [-0.2, 0) is 16.2 Å². The zero-order chi connectivity index (χ0) is 16.7. The molecule has 2 aromatic carbocycles. The molecule has 0 saturated carbocycles. The molecule has 0 spiro atoms. The average molecular weight is 329 g/mol. The summed E-state index contributed by atoms with van der Waals surface area (Å²) in [5, 5.41) is 4.27. The Morgan fingerprint density at radius 3 is 2.43 bits per heavy atom. The van der Waals surface area contributed by atoms with Crippen molar-refractivity contribution in [3.05, 3.63) is 65.2 Å². The van der Waals surface area contributed by atoms with E-state index in [0.717, 1.165) is 22.4 Å². The fraction of sp³-hybridized carbons (Fsp3) is 0.222. The first-order chi connectivity index (χ1) is 11.2. The van der Waals surface area contributed by atoms with Crippen LogP contribution in [-0.4, -0.2) is 25.0 Å². The van der Waals surface area contributed by atoms with Gasteiger partial charge in [-0.15, -0.1) is 0 Å². The van der Waals surface area contributed by atoms with Crippen LogP contribution < -0.4 is 4.74 Å². The first-order valence-electron chi connectivity index (χ1n) is 7.13. The van der Waals surface area contributed by atoms with Crippen LogP contribution in [0.1, 0.15) is 16.7 Å². The summed E-state index contributed by atoms with van der Waals surface area (Å²) in [6, 6.07) is 15.6. The molecule has 0 aliphatic heterocycles. The van der Waals surface area contributed by atoms with E-state index in [9.17, 15) is 0 Å². The Kier molecular flexibility index (Phi) is 6.11. The SMILES string of the molecule is CO/N=C(\C(=S)OC)c1ccccc1COc1ccccc1C. The summed E-state index contributed by atoms with van der Waals surface area (Å²) >= 11 is 5.21. The fourth-order valence-electron chi connectivity index (χ4n) is 2.14. The van der Waals surface area contributed by atoms with Gasteiger partial charge in [0.25, 0.3) is 0 Å². The van der Waals surface area contributed by atoms with Gasteiger partial charge in [0.05, 0.1) is 7.11 Å². The number of rotatable bonds is 6. The molecule has 0 atom stereocenters. The third kappa shape index (κ3) is 4.29. The van der Waals surface area contributed by atoms with Crippen LogP contribution in [0, 0.1) is 6.92 Å². The molecule has 0 unspecified atom stereocenters. The number of aryl methyl sites for hydroxylation is 1. The molecule has 120 valence electrons. The maximum absolute atomic E-state index is 5.93. The van der Waals surface area contributed by atoms with Crippen LogP contribution in [0.4, 0.5) is 0 Å². The van der Waals surface area contributed by atoms with Crippen molar-refractivity contribution in [1.82, 2.24) is 0 Å². The van der Waals surface area contributed by atoms with Crippen molar-refractivity contribution in [3.63, 3.8) is 0 Å². The summed E-state index contributed by atoms with van der Waals surface area (Å²) in [6.07, 6.45) is 0. The topological polar surface area (TPSA) is 40.0 Å². The molecule has 0 saturated heterocycles. The first-order valence-corrected chi connectivity index (χ1v) is 7.54. The molecule has 5 heteroatoms. The Morgan fingerprint density at radius 2 is 1.74 bits per heavy atom. The summed E-state index contributed by atoms with van der Waals surface area (Å²) < 4.78 is 11.1. The predicted octanol–water partition coefficient (Wildman–Crippen LogP) is 3.90. The third-order valence-electron chi connectivity index (χ3n) is 3.31. The highest BCUT2D eigenvalue weighted by Gasteiger charge is 2.16. The van der Waals surface area contributed by atoms with Crippen LogP contribution in [0.25, 0.3) is 0 Å². The molecule has 0 bridgehead atoms. The number of oxime groups is 1. The van der Waals surface area contributed by atoms with E-state index in [1.807, 2.05) is 55.5 Å². The van der Waals surface area contributed by atoms with Crippen molar-refractivity contribution in [3.8, 4) is 5.75 Å². The molecule has 0 N–H and O–H groups in total. The van der Waals surface area contributed by atoms with Crippen molar-refractivity contribution >= 4 is 23.0 Å². The zero-order valence-corrected chi connectivity index (χ0v) is 14.2. The lowest BCUT2D eigenvalue weighted by molar-refractivity contribution is 0.213. The highest BCUT2D eigenvalue weighted by Crippen LogP contribution is 2.20. The quantitative estimate of drug-likeness (QED) is 0.458. The van der Waals surface area contributed by atoms with Gasteiger partial charge in [-0.3, -0.25) is 0 Å². The van der Waals surface area contributed by atoms with Crippen molar-refractivity contribution < 1.29 is 14.3 Å². The summed E-state index contributed by atoms with van der Waals surface area (Å²) in [7, 11) is 2.99. The van der Waals surface area contributed by atoms with E-state index in [1.165, 1.54) is 14.2 Å². The van der Waals surface area contributed by atoms with Crippen molar-refractivity contribution in [2.24, 2.45) is 5.16 Å². The summed E-state index contributed by atoms with van der Waals surface area (Å²) in [6.45, 7) is 2.41. The van der Waals surface area contributed by atoms with E-state index in [4.69, 9.17) is 26.5 Å². The maximum Gasteiger partial charge on any atom is 0.214 e. The first kappa shape index (κ1) is 17.0. The lowest BCUT2D eigenvalue weighted by atomic mass is 10.0. The number of thiocarbonyl (C=S) groups is 1. The Labute approximate surface area is 141 Å². The number of hydrogen-bond donors (Lipinski definition) is 0. The van der Waals surface area contributed by atoms with Gasteiger partial charge in [0.1, 0.15) is 19.5 Å². The molecule has 2 rings (SSSR count). The molecule has 0 heterocycles. The number of ether oxygens (including phenoxy) is 2. The molecule has 0 amide bonds. The Bertz CT molecular complexity index is 713. The van der Waals surface area contributed by atoms with E-state index in [-0.39, 0.29) is 5.05 Å². The summed E-state index contributed by atoms with van der Waals surface area (Å²) in [4.78, 5) is 4.90. The van der Waals surface area contributed by atoms with Gasteiger partial charge in [0.2, 0.25) is 5.05 Å². The second-order valence-electron chi connectivity index (χ2n) is 4.83. The number of hydrogen-bond acceptors (Lipinski definition) is 5. The lowest BCUT2D eigenvalue weighted by Gasteiger charge is -2.13. The molecular weight excluding hydrogens is 310 g/mol. The largest absolute Gasteiger partial charge is 0.489 e. The average Bonchev–Trinajstić information content (AvgIpc) is 2.59. The van der Waals surface area contributed by atoms with Gasteiger partial charge < -0.3 is 14.3 Å². The Hall–Kier alpha value is -2.40. The number of nitrogens with zero attached hydrogens (tertiary/aromatic N) is 1. The highest BCUT2D eigenvalue weighted by molar-refractivity contribution is 7.81. The minimum absolute atomic E-state index is 0.273. The minimum Gasteiger partial charge on any atom is -0.489 e. The minimum atomic E-state index is 0.273. The van der Waals surface area contributed by atoms with Gasteiger partial charge in [-0.1, -0.05) is 47.6 Å². The molecule has 23 heavy (non-hydrogen) atoms. The molecule has 0 radical (unpaired) electrons. The maximum atomic E-state index is 5.93. The van der Waals surface area contributed by atoms with E-state index >= 15 is 0 Å². The smallest absolute Gasteiger partial charge is 0.214 e. The van der Waals surface area contributed by atoms with E-state index in [1.54, 1.807) is 0 Å². The van der Waals surface area contributed by atoms with Gasteiger partial charge in [0, 0.05) is 5.56 Å². The Balaban J connectivity index is 2.28. The molecule has 0 fully saturated rings. The third-order valence-corrected chi connectivity index (χ3v) is 3.67. The normalized spacial score (nSPS) is 11.0. The van der Waals surface area contributed by atoms with Crippen LogP contribution in [0.2, 0.25) is 0 Å². The van der Waals surface area contributed by atoms with E-state index in [0.29, 0.717) is 12.3 Å². The standard InChI is InChI=1S/C18H19NO3S/c1-13-8-4-7-11-16(13)22-12-14-9-5-6-10-15(14)17(19-21-3)18(23)20-2/h4-11H,12H2,1-3H3/b19-17-. The number of benzene rings is 2. The molecule has 0 aliphatic rings.